The van der Waals surface area contributed by atoms with Crippen LogP contribution in [0.2, 0.25) is 0 Å². The standard InChI is InChI=1S/C20H28N4O4S/c1-14-10-15(2)13-24(12-14)29(26,27)18-7-4-6-17(11-18)20(25)21-9-5-8-19-22-16(3)23-28-19/h4,6-7,11,14-15H,5,8-10,12-13H2,1-3H3,(H,21,25). The van der Waals surface area contributed by atoms with Gasteiger partial charge in [-0.2, -0.15) is 9.29 Å². The third-order valence-corrected chi connectivity index (χ3v) is 6.82. The average molecular weight is 421 g/mol. The molecule has 158 valence electrons. The van der Waals surface area contributed by atoms with Gasteiger partial charge in [-0.3, -0.25) is 4.79 Å². The number of nitrogens with one attached hydrogen (secondary N) is 1. The first kappa shape index (κ1) is 21.4. The van der Waals surface area contributed by atoms with E-state index in [4.69, 9.17) is 4.52 Å². The van der Waals surface area contributed by atoms with Crippen molar-refractivity contribution in [3.05, 3.63) is 41.5 Å². The zero-order valence-electron chi connectivity index (χ0n) is 17.1. The molecule has 2 atom stereocenters. The first-order valence-electron chi connectivity index (χ1n) is 9.93. The monoisotopic (exact) mass is 420 g/mol. The Morgan fingerprint density at radius 1 is 1.28 bits per heavy atom. The van der Waals surface area contributed by atoms with Gasteiger partial charge in [0.15, 0.2) is 5.82 Å². The molecule has 1 aromatic heterocycles. The summed E-state index contributed by atoms with van der Waals surface area (Å²) in [5.74, 6) is 1.46. The summed E-state index contributed by atoms with van der Waals surface area (Å²) in [5, 5.41) is 6.54. The maximum Gasteiger partial charge on any atom is 0.251 e. The van der Waals surface area contributed by atoms with E-state index in [9.17, 15) is 13.2 Å². The normalized spacial score (nSPS) is 20.5. The summed E-state index contributed by atoms with van der Waals surface area (Å²) in [4.78, 5) is 16.7. The maximum atomic E-state index is 13.0. The minimum Gasteiger partial charge on any atom is -0.352 e. The molecule has 1 amide bonds. The molecule has 1 aliphatic rings. The van der Waals surface area contributed by atoms with Gasteiger partial charge in [0.25, 0.3) is 5.91 Å². The summed E-state index contributed by atoms with van der Waals surface area (Å²) in [6.07, 6.45) is 2.24. The Kier molecular flexibility index (Phi) is 6.69. The molecule has 29 heavy (non-hydrogen) atoms. The second kappa shape index (κ2) is 9.04. The second-order valence-electron chi connectivity index (χ2n) is 7.89. The van der Waals surface area contributed by atoms with Crippen LogP contribution in [0, 0.1) is 18.8 Å². The highest BCUT2D eigenvalue weighted by Gasteiger charge is 2.31. The van der Waals surface area contributed by atoms with Crippen LogP contribution in [0.1, 0.15) is 48.8 Å². The Hall–Kier alpha value is -2.26. The maximum absolute atomic E-state index is 13.0. The number of rotatable bonds is 7. The number of piperidine rings is 1. The van der Waals surface area contributed by atoms with Gasteiger partial charge < -0.3 is 9.84 Å². The van der Waals surface area contributed by atoms with Crippen molar-refractivity contribution < 1.29 is 17.7 Å². The molecule has 1 aliphatic heterocycles. The topological polar surface area (TPSA) is 105 Å². The summed E-state index contributed by atoms with van der Waals surface area (Å²) in [6, 6.07) is 6.24. The van der Waals surface area contributed by atoms with Crippen molar-refractivity contribution in [2.24, 2.45) is 11.8 Å². The SMILES string of the molecule is Cc1noc(CCCNC(=O)c2cccc(S(=O)(=O)N3CC(C)CC(C)C3)c2)n1. The largest absolute Gasteiger partial charge is 0.352 e. The fourth-order valence-electron chi connectivity index (χ4n) is 3.73. The van der Waals surface area contributed by atoms with Crippen LogP contribution in [0.25, 0.3) is 0 Å². The van der Waals surface area contributed by atoms with Crippen molar-refractivity contribution in [3.63, 3.8) is 0 Å². The molecule has 0 saturated carbocycles. The number of sulfonamides is 1. The number of aryl methyl sites for hydroxylation is 2. The molecular weight excluding hydrogens is 392 g/mol. The average Bonchev–Trinajstić information content (AvgIpc) is 3.09. The minimum absolute atomic E-state index is 0.160. The van der Waals surface area contributed by atoms with Crippen molar-refractivity contribution in [1.82, 2.24) is 19.8 Å². The number of aromatic nitrogens is 2. The molecule has 1 fully saturated rings. The van der Waals surface area contributed by atoms with E-state index in [1.165, 1.54) is 10.4 Å². The lowest BCUT2D eigenvalue weighted by molar-refractivity contribution is 0.0952. The van der Waals surface area contributed by atoms with Crippen molar-refractivity contribution >= 4 is 15.9 Å². The highest BCUT2D eigenvalue weighted by Crippen LogP contribution is 2.27. The smallest absolute Gasteiger partial charge is 0.251 e. The van der Waals surface area contributed by atoms with Gasteiger partial charge >= 0.3 is 0 Å². The first-order valence-corrected chi connectivity index (χ1v) is 11.4. The van der Waals surface area contributed by atoms with Crippen LogP contribution < -0.4 is 5.32 Å². The van der Waals surface area contributed by atoms with Crippen molar-refractivity contribution in [3.8, 4) is 0 Å². The van der Waals surface area contributed by atoms with Crippen LogP contribution in [0.3, 0.4) is 0 Å². The van der Waals surface area contributed by atoms with E-state index in [-0.39, 0.29) is 10.8 Å². The van der Waals surface area contributed by atoms with Gasteiger partial charge in [0.1, 0.15) is 0 Å². The quantitative estimate of drug-likeness (QED) is 0.690. The molecule has 0 spiro atoms. The molecule has 3 rings (SSSR count). The summed E-state index contributed by atoms with van der Waals surface area (Å²) in [5.41, 5.74) is 0.331. The Bertz CT molecular complexity index is 947. The van der Waals surface area contributed by atoms with Crippen LogP contribution in [0.5, 0.6) is 0 Å². The molecule has 9 heteroatoms. The zero-order valence-corrected chi connectivity index (χ0v) is 17.9. The van der Waals surface area contributed by atoms with Crippen LogP contribution in [0.4, 0.5) is 0 Å². The van der Waals surface area contributed by atoms with Crippen LogP contribution in [-0.2, 0) is 16.4 Å². The molecule has 1 saturated heterocycles. The molecule has 2 aromatic rings. The van der Waals surface area contributed by atoms with Crippen LogP contribution in [-0.4, -0.2) is 48.4 Å². The fourth-order valence-corrected chi connectivity index (χ4v) is 5.46. The molecule has 0 bridgehead atoms. The number of nitrogens with zero attached hydrogens (tertiary/aromatic N) is 3. The van der Waals surface area contributed by atoms with Gasteiger partial charge in [0.2, 0.25) is 15.9 Å². The predicted molar refractivity (Wildman–Crippen MR) is 108 cm³/mol. The van der Waals surface area contributed by atoms with Crippen molar-refractivity contribution in [2.45, 2.75) is 44.9 Å². The van der Waals surface area contributed by atoms with Gasteiger partial charge in [-0.25, -0.2) is 8.42 Å². The molecule has 8 nitrogen and oxygen atoms in total. The Morgan fingerprint density at radius 3 is 2.66 bits per heavy atom. The summed E-state index contributed by atoms with van der Waals surface area (Å²) >= 11 is 0. The highest BCUT2D eigenvalue weighted by atomic mass is 32.2. The third kappa shape index (κ3) is 5.42. The minimum atomic E-state index is -3.62. The van der Waals surface area contributed by atoms with E-state index < -0.39 is 10.0 Å². The molecule has 2 heterocycles. The molecule has 1 aromatic carbocycles. The summed E-state index contributed by atoms with van der Waals surface area (Å²) < 4.78 is 32.7. The molecule has 0 aliphatic carbocycles. The Morgan fingerprint density at radius 2 is 2.00 bits per heavy atom. The molecule has 2 unspecified atom stereocenters. The third-order valence-electron chi connectivity index (χ3n) is 4.99. The Labute approximate surface area is 171 Å². The fraction of sp³-hybridized carbons (Fsp3) is 0.550. The Balaban J connectivity index is 1.61. The van der Waals surface area contributed by atoms with E-state index in [0.29, 0.717) is 61.6 Å². The summed E-state index contributed by atoms with van der Waals surface area (Å²) in [7, 11) is -3.62. The number of amides is 1. The van der Waals surface area contributed by atoms with Crippen LogP contribution >= 0.6 is 0 Å². The van der Waals surface area contributed by atoms with E-state index in [2.05, 4.69) is 29.3 Å². The highest BCUT2D eigenvalue weighted by molar-refractivity contribution is 7.89. The molecule has 0 radical (unpaired) electrons. The van der Waals surface area contributed by atoms with E-state index in [0.717, 1.165) is 6.42 Å². The lowest BCUT2D eigenvalue weighted by Gasteiger charge is -2.34. The number of hydrogen-bond acceptors (Lipinski definition) is 6. The number of hydrogen-bond donors (Lipinski definition) is 1. The number of carbonyl (C=O) groups is 1. The summed E-state index contributed by atoms with van der Waals surface area (Å²) in [6.45, 7) is 7.34. The van der Waals surface area contributed by atoms with Crippen molar-refractivity contribution in [2.75, 3.05) is 19.6 Å². The van der Waals surface area contributed by atoms with E-state index in [1.54, 1.807) is 25.1 Å². The van der Waals surface area contributed by atoms with Gasteiger partial charge in [0.05, 0.1) is 4.90 Å². The number of benzene rings is 1. The van der Waals surface area contributed by atoms with Crippen molar-refractivity contribution in [1.29, 1.82) is 0 Å². The lowest BCUT2D eigenvalue weighted by atomic mass is 9.94. The van der Waals surface area contributed by atoms with Gasteiger partial charge in [0, 0.05) is 31.6 Å². The lowest BCUT2D eigenvalue weighted by Crippen LogP contribution is -2.42. The molecule has 1 N–H and O–H groups in total. The molecular formula is C20H28N4O4S. The van der Waals surface area contributed by atoms with E-state index >= 15 is 0 Å². The zero-order chi connectivity index (χ0) is 21.0. The van der Waals surface area contributed by atoms with Gasteiger partial charge in [-0.1, -0.05) is 25.1 Å². The van der Waals surface area contributed by atoms with Crippen LogP contribution in [0.15, 0.2) is 33.7 Å². The van der Waals surface area contributed by atoms with E-state index in [1.807, 2.05) is 0 Å². The predicted octanol–water partition coefficient (Wildman–Crippen LogP) is 2.41. The van der Waals surface area contributed by atoms with Gasteiger partial charge in [-0.05, 0) is 49.8 Å². The first-order chi connectivity index (χ1) is 13.8. The number of carbonyl (C=O) groups excluding carboxylic acids is 1. The second-order valence-corrected chi connectivity index (χ2v) is 9.83. The van der Waals surface area contributed by atoms with Gasteiger partial charge in [-0.15, -0.1) is 0 Å².